The van der Waals surface area contributed by atoms with Crippen molar-refractivity contribution in [2.45, 2.75) is 39.7 Å². The van der Waals surface area contributed by atoms with Crippen LogP contribution in [0.5, 0.6) is 5.75 Å². The third-order valence-electron chi connectivity index (χ3n) is 6.84. The van der Waals surface area contributed by atoms with Crippen LogP contribution in [0.4, 0.5) is 5.69 Å². The Morgan fingerprint density at radius 2 is 1.98 bits per heavy atom. The molecule has 1 aliphatic heterocycles. The zero-order valence-electron chi connectivity index (χ0n) is 23.6. The summed E-state index contributed by atoms with van der Waals surface area (Å²) in [7, 11) is 1.54. The van der Waals surface area contributed by atoms with E-state index in [4.69, 9.17) is 18.9 Å². The van der Waals surface area contributed by atoms with Gasteiger partial charge in [0.2, 0.25) is 0 Å². The molecular weight excluding hydrogens is 558 g/mol. The number of benzene rings is 2. The average Bonchev–Trinajstić information content (AvgIpc) is 3.56. The smallest absolute Gasteiger partial charge is 0.338 e. The largest absolute Gasteiger partial charge is 0.496 e. The summed E-state index contributed by atoms with van der Waals surface area (Å²) in [6.45, 7) is 5.67. The number of allylic oxidation sites excluding steroid dienone is 1. The second kappa shape index (κ2) is 12.0. The van der Waals surface area contributed by atoms with Gasteiger partial charge in [-0.05, 0) is 50.1 Å². The molecule has 0 N–H and O–H groups in total. The van der Waals surface area contributed by atoms with Crippen molar-refractivity contribution >= 4 is 29.1 Å². The zero-order valence-corrected chi connectivity index (χ0v) is 24.4. The molecule has 1 unspecified atom stereocenters. The third kappa shape index (κ3) is 5.30. The monoisotopic (exact) mass is 587 g/mol. The number of carbonyl (C=O) groups is 1. The first kappa shape index (κ1) is 28.7. The standard InChI is InChI=1S/C31H29N3O7S/c1-5-9-22-27(30(36)40-6-2)28(21-10-7-8-11-24(21)39-4)33-29(35)26(42-31(33)32-22)17-19-13-15-25(41-19)20-14-12-18(3)16-23(20)34(37)38/h7-8,10-17,28H,5-6,9H2,1-4H3/b26-17-. The summed E-state index contributed by atoms with van der Waals surface area (Å²) in [5.74, 6) is 0.636. The van der Waals surface area contributed by atoms with Gasteiger partial charge in [0.15, 0.2) is 4.80 Å². The zero-order chi connectivity index (χ0) is 30.0. The quantitative estimate of drug-likeness (QED) is 0.152. The van der Waals surface area contributed by atoms with E-state index in [-0.39, 0.29) is 17.9 Å². The molecule has 4 aromatic rings. The Balaban J connectivity index is 1.69. The highest BCUT2D eigenvalue weighted by atomic mass is 32.1. The molecule has 1 aliphatic rings. The van der Waals surface area contributed by atoms with Crippen LogP contribution in [0.3, 0.4) is 0 Å². The number of nitro benzene ring substituents is 1. The number of nitrogens with zero attached hydrogens (tertiary/aromatic N) is 3. The molecule has 0 aliphatic carbocycles. The Morgan fingerprint density at radius 1 is 1.19 bits per heavy atom. The molecule has 0 bridgehead atoms. The van der Waals surface area contributed by atoms with Crippen molar-refractivity contribution in [2.75, 3.05) is 13.7 Å². The van der Waals surface area contributed by atoms with Crippen LogP contribution in [0, 0.1) is 17.0 Å². The summed E-state index contributed by atoms with van der Waals surface area (Å²) >= 11 is 1.17. The van der Waals surface area contributed by atoms with E-state index in [9.17, 15) is 19.7 Å². The number of nitro groups is 1. The van der Waals surface area contributed by atoms with Crippen LogP contribution in [0.1, 0.15) is 49.6 Å². The van der Waals surface area contributed by atoms with Crippen molar-refractivity contribution in [3.05, 3.63) is 113 Å². The number of thiazole rings is 1. The van der Waals surface area contributed by atoms with Crippen molar-refractivity contribution in [2.24, 2.45) is 4.99 Å². The number of aromatic nitrogens is 1. The van der Waals surface area contributed by atoms with Gasteiger partial charge in [-0.25, -0.2) is 9.79 Å². The number of fused-ring (bicyclic) bond motifs is 1. The minimum Gasteiger partial charge on any atom is -0.496 e. The summed E-state index contributed by atoms with van der Waals surface area (Å²) in [6.07, 6.45) is 2.83. The predicted molar refractivity (Wildman–Crippen MR) is 158 cm³/mol. The highest BCUT2D eigenvalue weighted by Crippen LogP contribution is 2.37. The first-order valence-electron chi connectivity index (χ1n) is 13.5. The van der Waals surface area contributed by atoms with Crippen molar-refractivity contribution in [1.29, 1.82) is 0 Å². The lowest BCUT2D eigenvalue weighted by Gasteiger charge is -2.26. The Kier molecular flexibility index (Phi) is 8.21. The Hall–Kier alpha value is -4.77. The SMILES string of the molecule is CCCC1=C(C(=O)OCC)C(c2ccccc2OC)n2c(s/c(=C\c3ccc(-c4ccc(C)cc4[N+](=O)[O-])o3)c2=O)=N1. The summed E-state index contributed by atoms with van der Waals surface area (Å²) in [6, 6.07) is 14.6. The van der Waals surface area contributed by atoms with E-state index in [1.165, 1.54) is 29.1 Å². The second-order valence-electron chi connectivity index (χ2n) is 9.64. The summed E-state index contributed by atoms with van der Waals surface area (Å²) < 4.78 is 18.8. The molecule has 216 valence electrons. The minimum absolute atomic E-state index is 0.0676. The summed E-state index contributed by atoms with van der Waals surface area (Å²) in [4.78, 5) is 43.7. The lowest BCUT2D eigenvalue weighted by atomic mass is 9.93. The molecule has 0 fully saturated rings. The molecule has 3 heterocycles. The van der Waals surface area contributed by atoms with E-state index < -0.39 is 16.9 Å². The van der Waals surface area contributed by atoms with Gasteiger partial charge in [-0.1, -0.05) is 48.9 Å². The molecule has 1 atom stereocenters. The number of esters is 1. The normalized spacial score (nSPS) is 14.9. The first-order chi connectivity index (χ1) is 20.3. The van der Waals surface area contributed by atoms with Crippen LogP contribution in [-0.4, -0.2) is 29.2 Å². The Labute approximate surface area is 245 Å². The molecule has 5 rings (SSSR count). The average molecular weight is 588 g/mol. The fourth-order valence-corrected chi connectivity index (χ4v) is 6.01. The van der Waals surface area contributed by atoms with Gasteiger partial charge in [-0.3, -0.25) is 19.5 Å². The van der Waals surface area contributed by atoms with Crippen LogP contribution in [-0.2, 0) is 9.53 Å². The maximum Gasteiger partial charge on any atom is 0.338 e. The van der Waals surface area contributed by atoms with Crippen LogP contribution >= 0.6 is 11.3 Å². The first-order valence-corrected chi connectivity index (χ1v) is 14.3. The molecule has 10 nitrogen and oxygen atoms in total. The Bertz CT molecular complexity index is 1900. The molecular formula is C31H29N3O7S. The number of para-hydroxylation sites is 1. The van der Waals surface area contributed by atoms with Gasteiger partial charge in [0.05, 0.1) is 40.0 Å². The maximum absolute atomic E-state index is 14.0. The molecule has 0 spiro atoms. The molecule has 42 heavy (non-hydrogen) atoms. The molecule has 2 aromatic heterocycles. The Morgan fingerprint density at radius 3 is 2.69 bits per heavy atom. The fourth-order valence-electron chi connectivity index (χ4n) is 5.01. The number of hydrogen-bond acceptors (Lipinski definition) is 9. The summed E-state index contributed by atoms with van der Waals surface area (Å²) in [5.41, 5.74) is 2.15. The molecule has 11 heteroatoms. The van der Waals surface area contributed by atoms with Crippen molar-refractivity contribution in [3.63, 3.8) is 0 Å². The molecule has 0 radical (unpaired) electrons. The van der Waals surface area contributed by atoms with Gasteiger partial charge in [0.25, 0.3) is 11.2 Å². The number of hydrogen-bond donors (Lipinski definition) is 0. The maximum atomic E-state index is 14.0. The molecule has 0 amide bonds. The van der Waals surface area contributed by atoms with Crippen molar-refractivity contribution < 1.29 is 23.6 Å². The number of rotatable bonds is 9. The lowest BCUT2D eigenvalue weighted by Crippen LogP contribution is -2.40. The highest BCUT2D eigenvalue weighted by Gasteiger charge is 2.35. The van der Waals surface area contributed by atoms with E-state index >= 15 is 0 Å². The topological polar surface area (TPSA) is 126 Å². The number of furan rings is 1. The molecule has 2 aromatic carbocycles. The van der Waals surface area contributed by atoms with Crippen LogP contribution < -0.4 is 19.6 Å². The van der Waals surface area contributed by atoms with E-state index in [2.05, 4.69) is 0 Å². The number of carbonyl (C=O) groups excluding carboxylic acids is 1. The minimum atomic E-state index is -0.817. The van der Waals surface area contributed by atoms with Gasteiger partial charge in [-0.2, -0.15) is 0 Å². The predicted octanol–water partition coefficient (Wildman–Crippen LogP) is 5.06. The highest BCUT2D eigenvalue weighted by molar-refractivity contribution is 7.07. The van der Waals surface area contributed by atoms with Gasteiger partial charge in [0.1, 0.15) is 23.3 Å². The van der Waals surface area contributed by atoms with Gasteiger partial charge < -0.3 is 13.9 Å². The van der Waals surface area contributed by atoms with Crippen LogP contribution in [0.15, 0.2) is 80.1 Å². The number of methoxy groups -OCH3 is 1. The van der Waals surface area contributed by atoms with E-state index in [1.807, 2.05) is 25.1 Å². The summed E-state index contributed by atoms with van der Waals surface area (Å²) in [5, 5.41) is 11.6. The number of ether oxygens (including phenoxy) is 2. The van der Waals surface area contributed by atoms with E-state index in [0.717, 1.165) is 12.0 Å². The fraction of sp³-hybridized carbons (Fsp3) is 0.258. The number of aryl methyl sites for hydroxylation is 1. The molecule has 0 saturated heterocycles. The van der Waals surface area contributed by atoms with Gasteiger partial charge >= 0.3 is 5.97 Å². The van der Waals surface area contributed by atoms with Crippen molar-refractivity contribution in [3.8, 4) is 17.1 Å². The van der Waals surface area contributed by atoms with Crippen LogP contribution in [0.2, 0.25) is 0 Å². The van der Waals surface area contributed by atoms with Crippen molar-refractivity contribution in [1.82, 2.24) is 4.57 Å². The van der Waals surface area contributed by atoms with E-state index in [1.54, 1.807) is 50.3 Å². The van der Waals surface area contributed by atoms with Crippen LogP contribution in [0.25, 0.3) is 17.4 Å². The lowest BCUT2D eigenvalue weighted by molar-refractivity contribution is -0.384. The van der Waals surface area contributed by atoms with Gasteiger partial charge in [0, 0.05) is 17.7 Å². The van der Waals surface area contributed by atoms with E-state index in [0.29, 0.717) is 55.4 Å². The second-order valence-corrected chi connectivity index (χ2v) is 10.6. The third-order valence-corrected chi connectivity index (χ3v) is 7.82. The van der Waals surface area contributed by atoms with Gasteiger partial charge in [-0.15, -0.1) is 0 Å². The molecule has 0 saturated carbocycles.